The molecule has 0 aliphatic heterocycles. The van der Waals surface area contributed by atoms with Gasteiger partial charge in [-0.3, -0.25) is 9.79 Å². The van der Waals surface area contributed by atoms with E-state index in [0.717, 1.165) is 0 Å². The van der Waals surface area contributed by atoms with E-state index in [0.29, 0.717) is 5.56 Å². The second kappa shape index (κ2) is 5.87. The second-order valence-electron chi connectivity index (χ2n) is 3.15. The van der Waals surface area contributed by atoms with Crippen LogP contribution in [0.3, 0.4) is 0 Å². The van der Waals surface area contributed by atoms with Crippen LogP contribution in [0.25, 0.3) is 0 Å². The average molecular weight is 222 g/mol. The maximum Gasteiger partial charge on any atom is 0.246 e. The van der Waals surface area contributed by atoms with Gasteiger partial charge in [-0.05, 0) is 12.1 Å². The summed E-state index contributed by atoms with van der Waals surface area (Å²) in [5.74, 6) is -0.283. The third-order valence-electron chi connectivity index (χ3n) is 2.05. The van der Waals surface area contributed by atoms with Gasteiger partial charge in [0.15, 0.2) is 6.04 Å². The van der Waals surface area contributed by atoms with Crippen molar-refractivity contribution in [3.05, 3.63) is 29.8 Å². The predicted octanol–water partition coefficient (Wildman–Crippen LogP) is -0.0820. The molecule has 0 aliphatic carbocycles. The summed E-state index contributed by atoms with van der Waals surface area (Å²) < 4.78 is 0. The number of rotatable bonds is 4. The maximum atomic E-state index is 11.2. The van der Waals surface area contributed by atoms with Gasteiger partial charge in [-0.2, -0.15) is 0 Å². The first-order valence-corrected chi connectivity index (χ1v) is 4.82. The van der Waals surface area contributed by atoms with Gasteiger partial charge in [-0.15, -0.1) is 0 Å². The molecule has 16 heavy (non-hydrogen) atoms. The highest BCUT2D eigenvalue weighted by atomic mass is 16.3. The van der Waals surface area contributed by atoms with Gasteiger partial charge in [-0.25, -0.2) is 0 Å². The number of carbonyl (C=O) groups is 1. The van der Waals surface area contributed by atoms with Crippen molar-refractivity contribution in [2.75, 3.05) is 13.7 Å². The number of aromatic hydroxyl groups is 1. The normalized spacial score (nSPS) is 12.6. The summed E-state index contributed by atoms with van der Waals surface area (Å²) in [5.41, 5.74) is 0.504. The molecular weight excluding hydrogens is 208 g/mol. The van der Waals surface area contributed by atoms with E-state index in [9.17, 15) is 9.90 Å². The fourth-order valence-corrected chi connectivity index (χ4v) is 1.13. The Morgan fingerprint density at radius 3 is 2.81 bits per heavy atom. The summed E-state index contributed by atoms with van der Waals surface area (Å²) in [6.45, 7) is -0.371. The molecule has 0 bridgehead atoms. The number of amides is 1. The average Bonchev–Trinajstić information content (AvgIpc) is 2.31. The summed E-state index contributed by atoms with van der Waals surface area (Å²) in [5, 5.41) is 20.8. The molecule has 0 heterocycles. The van der Waals surface area contributed by atoms with Gasteiger partial charge in [0.25, 0.3) is 0 Å². The molecule has 86 valence electrons. The van der Waals surface area contributed by atoms with Crippen LogP contribution in [0, 0.1) is 0 Å². The van der Waals surface area contributed by atoms with Crippen LogP contribution in [0.4, 0.5) is 0 Å². The van der Waals surface area contributed by atoms with Crippen molar-refractivity contribution >= 4 is 12.1 Å². The van der Waals surface area contributed by atoms with Gasteiger partial charge >= 0.3 is 0 Å². The van der Waals surface area contributed by atoms with Gasteiger partial charge in [-0.1, -0.05) is 12.1 Å². The van der Waals surface area contributed by atoms with Crippen LogP contribution in [0.1, 0.15) is 5.56 Å². The van der Waals surface area contributed by atoms with E-state index in [1.54, 1.807) is 18.2 Å². The van der Waals surface area contributed by atoms with Crippen LogP contribution in [0.15, 0.2) is 29.3 Å². The molecule has 0 spiro atoms. The minimum atomic E-state index is -0.843. The zero-order chi connectivity index (χ0) is 12.0. The van der Waals surface area contributed by atoms with Gasteiger partial charge < -0.3 is 15.5 Å². The zero-order valence-corrected chi connectivity index (χ0v) is 8.92. The summed E-state index contributed by atoms with van der Waals surface area (Å²) >= 11 is 0. The van der Waals surface area contributed by atoms with Crippen LogP contribution >= 0.6 is 0 Å². The number of hydrogen-bond acceptors (Lipinski definition) is 4. The Hall–Kier alpha value is -1.88. The molecule has 0 saturated heterocycles. The highest BCUT2D eigenvalue weighted by Crippen LogP contribution is 2.12. The summed E-state index contributed by atoms with van der Waals surface area (Å²) in [6.07, 6.45) is 1.37. The van der Waals surface area contributed by atoms with Gasteiger partial charge in [0.05, 0.1) is 6.61 Å². The molecule has 1 aromatic rings. The zero-order valence-electron chi connectivity index (χ0n) is 8.92. The first kappa shape index (κ1) is 12.2. The van der Waals surface area contributed by atoms with Crippen LogP contribution in [-0.2, 0) is 4.79 Å². The number of hydrogen-bond donors (Lipinski definition) is 3. The molecule has 1 aromatic carbocycles. The number of likely N-dealkylation sites (N-methyl/N-ethyl adjacent to an activating group) is 1. The lowest BCUT2D eigenvalue weighted by Crippen LogP contribution is -2.33. The molecular formula is C11H14N2O3. The third kappa shape index (κ3) is 3.06. The van der Waals surface area contributed by atoms with E-state index >= 15 is 0 Å². The molecule has 3 N–H and O–H groups in total. The Morgan fingerprint density at radius 1 is 1.56 bits per heavy atom. The molecule has 1 rings (SSSR count). The van der Waals surface area contributed by atoms with Crippen molar-refractivity contribution < 1.29 is 15.0 Å². The molecule has 5 nitrogen and oxygen atoms in total. The highest BCUT2D eigenvalue weighted by molar-refractivity contribution is 5.88. The van der Waals surface area contributed by atoms with Crippen molar-refractivity contribution in [1.82, 2.24) is 5.32 Å². The van der Waals surface area contributed by atoms with Crippen LogP contribution in [0.2, 0.25) is 0 Å². The molecule has 5 heteroatoms. The van der Waals surface area contributed by atoms with Crippen molar-refractivity contribution in [3.63, 3.8) is 0 Å². The van der Waals surface area contributed by atoms with Gasteiger partial charge in [0.2, 0.25) is 5.91 Å². The number of benzene rings is 1. The Balaban J connectivity index is 2.79. The first-order valence-electron chi connectivity index (χ1n) is 4.82. The fraction of sp³-hybridized carbons (Fsp3) is 0.273. The second-order valence-corrected chi connectivity index (χ2v) is 3.15. The number of para-hydroxylation sites is 1. The number of nitrogens with one attached hydrogen (secondary N) is 1. The van der Waals surface area contributed by atoms with E-state index in [1.165, 1.54) is 19.3 Å². The Bertz CT molecular complexity index is 391. The smallest absolute Gasteiger partial charge is 0.246 e. The van der Waals surface area contributed by atoms with E-state index in [4.69, 9.17) is 5.11 Å². The molecule has 1 amide bonds. The van der Waals surface area contributed by atoms with Gasteiger partial charge in [0.1, 0.15) is 5.75 Å². The topological polar surface area (TPSA) is 81.9 Å². The number of aliphatic imine (C=N–C) groups is 1. The Kier molecular flexibility index (Phi) is 4.47. The third-order valence-corrected chi connectivity index (χ3v) is 2.05. The standard InChI is InChI=1S/C11H14N2O3/c1-12-11(16)9(7-14)13-6-8-4-2-3-5-10(8)15/h2-6,9,14-15H,7H2,1H3,(H,12,16)/b13-6+/t9-/m0/s1. The fourth-order valence-electron chi connectivity index (χ4n) is 1.13. The lowest BCUT2D eigenvalue weighted by Gasteiger charge is -2.06. The van der Waals surface area contributed by atoms with E-state index in [1.807, 2.05) is 0 Å². The number of nitrogens with zero attached hydrogens (tertiary/aromatic N) is 1. The molecule has 0 radical (unpaired) electrons. The van der Waals surface area contributed by atoms with Crippen molar-refractivity contribution in [3.8, 4) is 5.75 Å². The minimum absolute atomic E-state index is 0.0832. The van der Waals surface area contributed by atoms with Crippen LogP contribution < -0.4 is 5.32 Å². The van der Waals surface area contributed by atoms with E-state index in [2.05, 4.69) is 10.3 Å². The largest absolute Gasteiger partial charge is 0.507 e. The number of phenols is 1. The minimum Gasteiger partial charge on any atom is -0.507 e. The summed E-state index contributed by atoms with van der Waals surface area (Å²) in [4.78, 5) is 15.1. The van der Waals surface area contributed by atoms with Crippen molar-refractivity contribution in [2.24, 2.45) is 4.99 Å². The maximum absolute atomic E-state index is 11.2. The molecule has 0 fully saturated rings. The number of aliphatic hydroxyl groups excluding tert-OH is 1. The molecule has 0 saturated carbocycles. The lowest BCUT2D eigenvalue weighted by molar-refractivity contribution is -0.122. The lowest BCUT2D eigenvalue weighted by atomic mass is 10.2. The highest BCUT2D eigenvalue weighted by Gasteiger charge is 2.13. The van der Waals surface area contributed by atoms with Gasteiger partial charge in [0, 0.05) is 18.8 Å². The van der Waals surface area contributed by atoms with Crippen molar-refractivity contribution in [1.29, 1.82) is 0 Å². The monoisotopic (exact) mass is 222 g/mol. The number of phenolic OH excluding ortho intramolecular Hbond substituents is 1. The van der Waals surface area contributed by atoms with Crippen LogP contribution in [0.5, 0.6) is 5.75 Å². The van der Waals surface area contributed by atoms with Crippen LogP contribution in [-0.4, -0.2) is 42.0 Å². The van der Waals surface area contributed by atoms with E-state index in [-0.39, 0.29) is 18.3 Å². The molecule has 0 unspecified atom stereocenters. The molecule has 0 aromatic heterocycles. The predicted molar refractivity (Wildman–Crippen MR) is 60.6 cm³/mol. The number of carbonyl (C=O) groups excluding carboxylic acids is 1. The molecule has 0 aliphatic rings. The number of aliphatic hydroxyl groups is 1. The van der Waals surface area contributed by atoms with Crippen molar-refractivity contribution in [2.45, 2.75) is 6.04 Å². The molecule has 1 atom stereocenters. The summed E-state index contributed by atoms with van der Waals surface area (Å²) in [6, 6.07) is 5.78. The Labute approximate surface area is 93.5 Å². The Morgan fingerprint density at radius 2 is 2.25 bits per heavy atom. The first-order chi connectivity index (χ1) is 7.69. The SMILES string of the molecule is CNC(=O)[C@H](CO)/N=C/c1ccccc1O. The quantitative estimate of drug-likeness (QED) is 0.623. The van der Waals surface area contributed by atoms with E-state index < -0.39 is 6.04 Å². The summed E-state index contributed by atoms with van der Waals surface area (Å²) in [7, 11) is 1.47.